The molecule has 0 aromatic rings. The molecular weight excluding hydrogens is 154 g/mol. The molecule has 0 bridgehead atoms. The van der Waals surface area contributed by atoms with Crippen LogP contribution in [-0.4, -0.2) is 37.6 Å². The highest BCUT2D eigenvalue weighted by Gasteiger charge is 1.97. The minimum absolute atomic E-state index is 0.121. The second-order valence-corrected chi connectivity index (χ2v) is 2.81. The molecule has 0 heterocycles. The fourth-order valence-electron chi connectivity index (χ4n) is 0.440. The molecule has 0 aromatic heterocycles. The first-order valence-corrected chi connectivity index (χ1v) is 3.57. The summed E-state index contributed by atoms with van der Waals surface area (Å²) in [7, 11) is 6.00. The molecule has 3 nitrogen and oxygen atoms in total. The van der Waals surface area contributed by atoms with Crippen LogP contribution in [0.15, 0.2) is 24.3 Å². The summed E-state index contributed by atoms with van der Waals surface area (Å²) in [6.07, 6.45) is 5.01. The van der Waals surface area contributed by atoms with E-state index < -0.39 is 0 Å². The molecule has 3 heteroatoms. The molecule has 1 rings (SSSR count). The molecular formula is C9H13NO2. The van der Waals surface area contributed by atoms with Crippen molar-refractivity contribution in [2.45, 2.75) is 0 Å². The maximum atomic E-state index is 10.3. The minimum Gasteiger partial charge on any atom is -0.312 e. The van der Waals surface area contributed by atoms with Crippen molar-refractivity contribution in [2.24, 2.45) is 0 Å². The Morgan fingerprint density at radius 3 is 1.17 bits per heavy atom. The van der Waals surface area contributed by atoms with Crippen LogP contribution in [-0.2, 0) is 9.59 Å². The molecule has 1 aliphatic carbocycles. The third-order valence-corrected chi connectivity index (χ3v) is 0.824. The van der Waals surface area contributed by atoms with Gasteiger partial charge in [-0.05, 0) is 45.4 Å². The van der Waals surface area contributed by atoms with Gasteiger partial charge in [0.15, 0.2) is 11.6 Å². The third kappa shape index (κ3) is 6.89. The van der Waals surface area contributed by atoms with Crippen molar-refractivity contribution in [2.75, 3.05) is 21.1 Å². The zero-order valence-corrected chi connectivity index (χ0v) is 7.57. The van der Waals surface area contributed by atoms with Gasteiger partial charge in [-0.2, -0.15) is 0 Å². The largest absolute Gasteiger partial charge is 0.312 e. The fourth-order valence-corrected chi connectivity index (χ4v) is 0.440. The number of allylic oxidation sites excluding steroid dienone is 4. The highest BCUT2D eigenvalue weighted by Crippen LogP contribution is 1.90. The van der Waals surface area contributed by atoms with Crippen LogP contribution in [0.5, 0.6) is 0 Å². The van der Waals surface area contributed by atoms with Crippen molar-refractivity contribution >= 4 is 11.6 Å². The maximum Gasteiger partial charge on any atom is 0.178 e. The second-order valence-electron chi connectivity index (χ2n) is 2.81. The average Bonchev–Trinajstić information content (AvgIpc) is 1.94. The summed E-state index contributed by atoms with van der Waals surface area (Å²) in [5.41, 5.74) is 0. The van der Waals surface area contributed by atoms with Gasteiger partial charge in [-0.1, -0.05) is 0 Å². The molecule has 0 unspecified atom stereocenters. The first-order chi connectivity index (χ1) is 5.52. The number of carbonyl (C=O) groups excluding carboxylic acids is 2. The zero-order chi connectivity index (χ0) is 9.56. The molecule has 0 spiro atoms. The van der Waals surface area contributed by atoms with Gasteiger partial charge in [0.05, 0.1) is 0 Å². The zero-order valence-electron chi connectivity index (χ0n) is 7.57. The van der Waals surface area contributed by atoms with Crippen LogP contribution in [0, 0.1) is 0 Å². The van der Waals surface area contributed by atoms with Crippen LogP contribution in [0.4, 0.5) is 0 Å². The number of hydrogen-bond donors (Lipinski definition) is 0. The highest BCUT2D eigenvalue weighted by molar-refractivity contribution is 6.14. The van der Waals surface area contributed by atoms with Gasteiger partial charge in [0.25, 0.3) is 0 Å². The van der Waals surface area contributed by atoms with E-state index in [1.165, 1.54) is 24.3 Å². The lowest BCUT2D eigenvalue weighted by atomic mass is 10.2. The van der Waals surface area contributed by atoms with Crippen LogP contribution in [0.1, 0.15) is 0 Å². The van der Waals surface area contributed by atoms with Crippen LogP contribution >= 0.6 is 0 Å². The van der Waals surface area contributed by atoms with Gasteiger partial charge in [0.1, 0.15) is 0 Å². The van der Waals surface area contributed by atoms with Crippen LogP contribution in [0.2, 0.25) is 0 Å². The number of carbonyl (C=O) groups is 2. The smallest absolute Gasteiger partial charge is 0.178 e. The first-order valence-electron chi connectivity index (χ1n) is 3.57. The predicted octanol–water partition coefficient (Wildman–Crippen LogP) is 0.428. The second kappa shape index (κ2) is 5.43. The van der Waals surface area contributed by atoms with Crippen LogP contribution in [0.3, 0.4) is 0 Å². The Kier molecular flexibility index (Phi) is 4.88. The standard InChI is InChI=1S/C6H4O2.C3H9N/c7-5-1-2-6(8)4-3-5;1-4(2)3/h1-4H;1-3H3. The average molecular weight is 167 g/mol. The molecule has 0 aromatic carbocycles. The molecule has 0 amide bonds. The van der Waals surface area contributed by atoms with Gasteiger partial charge in [-0.15, -0.1) is 0 Å². The summed E-state index contributed by atoms with van der Waals surface area (Å²) in [6.45, 7) is 0. The van der Waals surface area contributed by atoms with E-state index in [0.717, 1.165) is 0 Å². The molecule has 0 aliphatic heterocycles. The lowest BCUT2D eigenvalue weighted by Gasteiger charge is -1.90. The molecule has 0 fully saturated rings. The van der Waals surface area contributed by atoms with Crippen molar-refractivity contribution in [1.82, 2.24) is 4.90 Å². The van der Waals surface area contributed by atoms with Crippen molar-refractivity contribution < 1.29 is 9.59 Å². The molecule has 0 radical (unpaired) electrons. The molecule has 1 aliphatic rings. The molecule has 66 valence electrons. The van der Waals surface area contributed by atoms with E-state index in [1.54, 1.807) is 0 Å². The van der Waals surface area contributed by atoms with Crippen molar-refractivity contribution in [3.05, 3.63) is 24.3 Å². The Morgan fingerprint density at radius 2 is 1.00 bits per heavy atom. The van der Waals surface area contributed by atoms with Crippen LogP contribution in [0.25, 0.3) is 0 Å². The normalized spacial score (nSPS) is 14.7. The van der Waals surface area contributed by atoms with E-state index in [1.807, 2.05) is 26.0 Å². The predicted molar refractivity (Wildman–Crippen MR) is 47.9 cm³/mol. The Labute approximate surface area is 72.4 Å². The Balaban J connectivity index is 0.000000261. The SMILES string of the molecule is CN(C)C.O=C1C=CC(=O)C=C1. The quantitative estimate of drug-likeness (QED) is 0.491. The van der Waals surface area contributed by atoms with Gasteiger partial charge in [-0.25, -0.2) is 0 Å². The summed E-state index contributed by atoms with van der Waals surface area (Å²) in [5.74, 6) is -0.241. The molecule has 0 saturated carbocycles. The van der Waals surface area contributed by atoms with E-state index in [-0.39, 0.29) is 11.6 Å². The Hall–Kier alpha value is -1.22. The van der Waals surface area contributed by atoms with E-state index in [0.29, 0.717) is 0 Å². The monoisotopic (exact) mass is 167 g/mol. The first kappa shape index (κ1) is 10.8. The summed E-state index contributed by atoms with van der Waals surface area (Å²) >= 11 is 0. The van der Waals surface area contributed by atoms with Crippen molar-refractivity contribution in [3.63, 3.8) is 0 Å². The van der Waals surface area contributed by atoms with Gasteiger partial charge in [0, 0.05) is 0 Å². The van der Waals surface area contributed by atoms with E-state index >= 15 is 0 Å². The number of rotatable bonds is 0. The highest BCUT2D eigenvalue weighted by atomic mass is 16.1. The third-order valence-electron chi connectivity index (χ3n) is 0.824. The van der Waals surface area contributed by atoms with Crippen molar-refractivity contribution in [3.8, 4) is 0 Å². The summed E-state index contributed by atoms with van der Waals surface area (Å²) in [5, 5.41) is 0. The fraction of sp³-hybridized carbons (Fsp3) is 0.333. The maximum absolute atomic E-state index is 10.3. The summed E-state index contributed by atoms with van der Waals surface area (Å²) in [6, 6.07) is 0. The van der Waals surface area contributed by atoms with E-state index in [9.17, 15) is 9.59 Å². The van der Waals surface area contributed by atoms with Crippen molar-refractivity contribution in [1.29, 1.82) is 0 Å². The number of hydrogen-bond acceptors (Lipinski definition) is 3. The lowest BCUT2D eigenvalue weighted by Crippen LogP contribution is -1.99. The molecule has 12 heavy (non-hydrogen) atoms. The van der Waals surface area contributed by atoms with Crippen LogP contribution < -0.4 is 0 Å². The van der Waals surface area contributed by atoms with E-state index in [2.05, 4.69) is 0 Å². The van der Waals surface area contributed by atoms with Gasteiger partial charge in [0.2, 0.25) is 0 Å². The topological polar surface area (TPSA) is 37.4 Å². The number of ketones is 2. The molecule has 0 atom stereocenters. The van der Waals surface area contributed by atoms with Gasteiger partial charge >= 0.3 is 0 Å². The summed E-state index contributed by atoms with van der Waals surface area (Å²) < 4.78 is 0. The molecule has 0 N–H and O–H groups in total. The molecule has 0 saturated heterocycles. The number of nitrogens with zero attached hydrogens (tertiary/aromatic N) is 1. The minimum atomic E-state index is -0.121. The Bertz CT molecular complexity index is 186. The Morgan fingerprint density at radius 1 is 0.833 bits per heavy atom. The van der Waals surface area contributed by atoms with Gasteiger partial charge in [-0.3, -0.25) is 9.59 Å². The van der Waals surface area contributed by atoms with E-state index in [4.69, 9.17) is 0 Å². The van der Waals surface area contributed by atoms with Gasteiger partial charge < -0.3 is 4.90 Å². The summed E-state index contributed by atoms with van der Waals surface area (Å²) in [4.78, 5) is 22.6. The lowest BCUT2D eigenvalue weighted by molar-refractivity contribution is -0.113.